The highest BCUT2D eigenvalue weighted by atomic mass is 16.3. The lowest BCUT2D eigenvalue weighted by Crippen LogP contribution is -2.29. The van der Waals surface area contributed by atoms with Gasteiger partial charge in [-0.05, 0) is 24.1 Å². The van der Waals surface area contributed by atoms with Crippen LogP contribution in [0.25, 0.3) is 10.9 Å². The zero-order valence-corrected chi connectivity index (χ0v) is 10.2. The molecule has 96 valence electrons. The van der Waals surface area contributed by atoms with Crippen LogP contribution in [0, 0.1) is 5.92 Å². The standard InChI is InChI=1S/C13H17N3O2/c1-8(7-17)5-16-13(18)11-6-15-12-3-2-9(14)4-10(11)12/h2-4,6,8,15,17H,5,7,14H2,1H3,(H,16,18). The van der Waals surface area contributed by atoms with Crippen molar-refractivity contribution in [3.63, 3.8) is 0 Å². The summed E-state index contributed by atoms with van der Waals surface area (Å²) in [5.41, 5.74) is 7.79. The Balaban J connectivity index is 2.20. The largest absolute Gasteiger partial charge is 0.399 e. The minimum absolute atomic E-state index is 0.0456. The molecule has 5 heteroatoms. The van der Waals surface area contributed by atoms with Gasteiger partial charge in [0, 0.05) is 35.9 Å². The molecule has 1 unspecified atom stereocenters. The van der Waals surface area contributed by atoms with Crippen LogP contribution in [-0.2, 0) is 0 Å². The Labute approximate surface area is 105 Å². The highest BCUT2D eigenvalue weighted by Crippen LogP contribution is 2.20. The van der Waals surface area contributed by atoms with Gasteiger partial charge in [0.2, 0.25) is 0 Å². The van der Waals surface area contributed by atoms with Crippen molar-refractivity contribution in [3.05, 3.63) is 30.0 Å². The van der Waals surface area contributed by atoms with Gasteiger partial charge in [-0.1, -0.05) is 6.92 Å². The van der Waals surface area contributed by atoms with E-state index in [2.05, 4.69) is 10.3 Å². The average molecular weight is 247 g/mol. The summed E-state index contributed by atoms with van der Waals surface area (Å²) >= 11 is 0. The molecule has 18 heavy (non-hydrogen) atoms. The van der Waals surface area contributed by atoms with Crippen molar-refractivity contribution < 1.29 is 9.90 Å². The lowest BCUT2D eigenvalue weighted by Gasteiger charge is -2.09. The Kier molecular flexibility index (Phi) is 3.53. The molecular weight excluding hydrogens is 230 g/mol. The minimum Gasteiger partial charge on any atom is -0.399 e. The number of nitrogens with one attached hydrogen (secondary N) is 2. The van der Waals surface area contributed by atoms with Gasteiger partial charge >= 0.3 is 0 Å². The third-order valence-electron chi connectivity index (χ3n) is 2.87. The van der Waals surface area contributed by atoms with E-state index < -0.39 is 0 Å². The van der Waals surface area contributed by atoms with Crippen molar-refractivity contribution in [2.75, 3.05) is 18.9 Å². The zero-order valence-electron chi connectivity index (χ0n) is 10.2. The molecule has 0 aliphatic carbocycles. The van der Waals surface area contributed by atoms with E-state index in [4.69, 9.17) is 10.8 Å². The van der Waals surface area contributed by atoms with Crippen LogP contribution in [0.15, 0.2) is 24.4 Å². The molecule has 0 aliphatic rings. The van der Waals surface area contributed by atoms with Crippen LogP contribution in [0.3, 0.4) is 0 Å². The molecule has 0 fully saturated rings. The number of aromatic amines is 1. The minimum atomic E-state index is -0.160. The van der Waals surface area contributed by atoms with E-state index in [0.717, 1.165) is 10.9 Å². The SMILES string of the molecule is CC(CO)CNC(=O)c1c[nH]c2ccc(N)cc12. The predicted molar refractivity (Wildman–Crippen MR) is 71.3 cm³/mol. The van der Waals surface area contributed by atoms with Gasteiger partial charge in [0.1, 0.15) is 0 Å². The molecule has 1 heterocycles. The number of aliphatic hydroxyl groups excluding tert-OH is 1. The quantitative estimate of drug-likeness (QED) is 0.610. The Bertz CT molecular complexity index is 562. The lowest BCUT2D eigenvalue weighted by atomic mass is 10.1. The van der Waals surface area contributed by atoms with E-state index in [0.29, 0.717) is 17.8 Å². The number of carbonyl (C=O) groups is 1. The average Bonchev–Trinajstić information content (AvgIpc) is 2.78. The highest BCUT2D eigenvalue weighted by molar-refractivity contribution is 6.07. The summed E-state index contributed by atoms with van der Waals surface area (Å²) in [5.74, 6) is -0.114. The molecule has 5 nitrogen and oxygen atoms in total. The number of aromatic nitrogens is 1. The van der Waals surface area contributed by atoms with E-state index in [1.165, 1.54) is 0 Å². The number of hydrogen-bond donors (Lipinski definition) is 4. The number of hydrogen-bond acceptors (Lipinski definition) is 3. The van der Waals surface area contributed by atoms with Crippen LogP contribution in [-0.4, -0.2) is 29.1 Å². The molecule has 0 radical (unpaired) electrons. The maximum absolute atomic E-state index is 12.0. The second kappa shape index (κ2) is 5.10. The van der Waals surface area contributed by atoms with Crippen molar-refractivity contribution in [2.24, 2.45) is 5.92 Å². The first-order valence-electron chi connectivity index (χ1n) is 5.87. The molecular formula is C13H17N3O2. The lowest BCUT2D eigenvalue weighted by molar-refractivity contribution is 0.0944. The van der Waals surface area contributed by atoms with Crippen LogP contribution in [0.4, 0.5) is 5.69 Å². The van der Waals surface area contributed by atoms with Gasteiger partial charge in [-0.25, -0.2) is 0 Å². The molecule has 0 aliphatic heterocycles. The Morgan fingerprint density at radius 3 is 3.06 bits per heavy atom. The zero-order chi connectivity index (χ0) is 13.1. The molecule has 1 amide bonds. The topological polar surface area (TPSA) is 91.1 Å². The van der Waals surface area contributed by atoms with Gasteiger partial charge in [0.15, 0.2) is 0 Å². The van der Waals surface area contributed by atoms with Crippen molar-refractivity contribution in [1.29, 1.82) is 0 Å². The maximum atomic E-state index is 12.0. The Morgan fingerprint density at radius 1 is 1.56 bits per heavy atom. The Hall–Kier alpha value is -2.01. The second-order valence-corrected chi connectivity index (χ2v) is 4.51. The first-order valence-corrected chi connectivity index (χ1v) is 5.87. The number of fused-ring (bicyclic) bond motifs is 1. The molecule has 5 N–H and O–H groups in total. The fourth-order valence-electron chi connectivity index (χ4n) is 1.75. The van der Waals surface area contributed by atoms with E-state index in [9.17, 15) is 4.79 Å². The number of aliphatic hydroxyl groups is 1. The van der Waals surface area contributed by atoms with E-state index in [-0.39, 0.29) is 18.4 Å². The van der Waals surface area contributed by atoms with Gasteiger partial charge in [0.25, 0.3) is 5.91 Å². The van der Waals surface area contributed by atoms with Gasteiger partial charge in [0.05, 0.1) is 5.56 Å². The normalized spacial score (nSPS) is 12.6. The van der Waals surface area contributed by atoms with E-state index in [1.54, 1.807) is 18.3 Å². The fourth-order valence-corrected chi connectivity index (χ4v) is 1.75. The van der Waals surface area contributed by atoms with Crippen LogP contribution in [0.1, 0.15) is 17.3 Å². The molecule has 0 saturated heterocycles. The molecule has 2 rings (SSSR count). The number of anilines is 1. The number of nitrogens with two attached hydrogens (primary N) is 1. The summed E-state index contributed by atoms with van der Waals surface area (Å²) in [4.78, 5) is 15.0. The van der Waals surface area contributed by atoms with Crippen molar-refractivity contribution in [1.82, 2.24) is 10.3 Å². The van der Waals surface area contributed by atoms with Crippen LogP contribution in [0.5, 0.6) is 0 Å². The van der Waals surface area contributed by atoms with Gasteiger partial charge < -0.3 is 21.1 Å². The highest BCUT2D eigenvalue weighted by Gasteiger charge is 2.12. The molecule has 0 bridgehead atoms. The number of rotatable bonds is 4. The molecule has 1 aromatic heterocycles. The summed E-state index contributed by atoms with van der Waals surface area (Å²) in [6.07, 6.45) is 1.67. The molecule has 0 saturated carbocycles. The van der Waals surface area contributed by atoms with Crippen LogP contribution < -0.4 is 11.1 Å². The number of nitrogen functional groups attached to an aromatic ring is 1. The van der Waals surface area contributed by atoms with Crippen LogP contribution >= 0.6 is 0 Å². The number of amides is 1. The van der Waals surface area contributed by atoms with Crippen LogP contribution in [0.2, 0.25) is 0 Å². The number of H-pyrrole nitrogens is 1. The van der Waals surface area contributed by atoms with Crippen molar-refractivity contribution in [3.8, 4) is 0 Å². The maximum Gasteiger partial charge on any atom is 0.253 e. The summed E-state index contributed by atoms with van der Waals surface area (Å²) in [5, 5.41) is 12.5. The second-order valence-electron chi connectivity index (χ2n) is 4.51. The third kappa shape index (κ3) is 2.46. The first-order chi connectivity index (χ1) is 8.61. The summed E-state index contributed by atoms with van der Waals surface area (Å²) in [7, 11) is 0. The van der Waals surface area contributed by atoms with Crippen molar-refractivity contribution >= 4 is 22.5 Å². The molecule has 2 aromatic rings. The predicted octanol–water partition coefficient (Wildman–Crippen LogP) is 1.11. The summed E-state index contributed by atoms with van der Waals surface area (Å²) in [6, 6.07) is 5.41. The first kappa shape index (κ1) is 12.4. The van der Waals surface area contributed by atoms with E-state index >= 15 is 0 Å². The molecule has 1 atom stereocenters. The van der Waals surface area contributed by atoms with E-state index in [1.807, 2.05) is 13.0 Å². The molecule has 1 aromatic carbocycles. The fraction of sp³-hybridized carbons (Fsp3) is 0.308. The summed E-state index contributed by atoms with van der Waals surface area (Å²) in [6.45, 7) is 2.37. The van der Waals surface area contributed by atoms with Gasteiger partial charge in [-0.15, -0.1) is 0 Å². The Morgan fingerprint density at radius 2 is 2.33 bits per heavy atom. The third-order valence-corrected chi connectivity index (χ3v) is 2.87. The monoisotopic (exact) mass is 247 g/mol. The number of benzene rings is 1. The van der Waals surface area contributed by atoms with Crippen molar-refractivity contribution in [2.45, 2.75) is 6.92 Å². The number of carbonyl (C=O) groups excluding carboxylic acids is 1. The van der Waals surface area contributed by atoms with Gasteiger partial charge in [-0.3, -0.25) is 4.79 Å². The summed E-state index contributed by atoms with van der Waals surface area (Å²) < 4.78 is 0. The van der Waals surface area contributed by atoms with Gasteiger partial charge in [-0.2, -0.15) is 0 Å². The molecule has 0 spiro atoms. The smallest absolute Gasteiger partial charge is 0.253 e.